The zero-order chi connectivity index (χ0) is 15.4. The van der Waals surface area contributed by atoms with Crippen molar-refractivity contribution in [2.24, 2.45) is 0 Å². The number of carbonyl (C=O) groups is 2. The highest BCUT2D eigenvalue weighted by Crippen LogP contribution is 2.25. The van der Waals surface area contributed by atoms with Crippen LogP contribution < -0.4 is 0 Å². The molecule has 112 valence electrons. The van der Waals surface area contributed by atoms with Gasteiger partial charge in [-0.15, -0.1) is 0 Å². The summed E-state index contributed by atoms with van der Waals surface area (Å²) in [5, 5.41) is 20.4. The number of aliphatic hydroxyl groups excluding tert-OH is 2. The number of carbonyl (C=O) groups excluding carboxylic acids is 2. The van der Waals surface area contributed by atoms with Crippen molar-refractivity contribution >= 4 is 11.9 Å². The van der Waals surface area contributed by atoms with Crippen LogP contribution >= 0.6 is 0 Å². The summed E-state index contributed by atoms with van der Waals surface area (Å²) in [6.07, 6.45) is -2.35. The van der Waals surface area contributed by atoms with Gasteiger partial charge in [0.05, 0.1) is 0 Å². The van der Waals surface area contributed by atoms with Gasteiger partial charge in [-0.25, -0.2) is 4.79 Å². The van der Waals surface area contributed by atoms with Crippen LogP contribution in [0.4, 0.5) is 0 Å². The molecule has 1 heterocycles. The minimum absolute atomic E-state index is 0.470. The molecule has 0 bridgehead atoms. The summed E-state index contributed by atoms with van der Waals surface area (Å²) in [7, 11) is 0. The minimum Gasteiger partial charge on any atom is -0.454 e. The van der Waals surface area contributed by atoms with Gasteiger partial charge in [-0.1, -0.05) is 30.3 Å². The average Bonchev–Trinajstić information content (AvgIpc) is 2.48. The molecule has 2 N–H and O–H groups in total. The second-order valence-electron chi connectivity index (χ2n) is 4.68. The predicted octanol–water partition coefficient (Wildman–Crippen LogP) is 0.494. The van der Waals surface area contributed by atoms with E-state index >= 15 is 0 Å². The third-order valence-corrected chi connectivity index (χ3v) is 3.10. The summed E-state index contributed by atoms with van der Waals surface area (Å²) >= 11 is 0. The maximum absolute atomic E-state index is 11.3. The van der Waals surface area contributed by atoms with Gasteiger partial charge < -0.3 is 19.7 Å². The molecule has 21 heavy (non-hydrogen) atoms. The Bertz CT molecular complexity index is 538. The topological polar surface area (TPSA) is 93.1 Å². The van der Waals surface area contributed by atoms with Crippen LogP contribution in [0.3, 0.4) is 0 Å². The van der Waals surface area contributed by atoms with Crippen LogP contribution in [-0.4, -0.2) is 40.5 Å². The number of ether oxygens (including phenoxy) is 2. The van der Waals surface area contributed by atoms with E-state index in [4.69, 9.17) is 9.47 Å². The first-order valence-electron chi connectivity index (χ1n) is 6.46. The maximum Gasteiger partial charge on any atom is 0.331 e. The fourth-order valence-electron chi connectivity index (χ4n) is 2.11. The van der Waals surface area contributed by atoms with E-state index in [9.17, 15) is 19.8 Å². The smallest absolute Gasteiger partial charge is 0.331 e. The van der Waals surface area contributed by atoms with Crippen LogP contribution in [-0.2, 0) is 19.1 Å². The molecule has 6 heteroatoms. The number of hydrogen-bond donors (Lipinski definition) is 2. The molecule has 0 spiro atoms. The van der Waals surface area contributed by atoms with E-state index in [2.05, 4.69) is 0 Å². The molecule has 2 rings (SSSR count). The van der Waals surface area contributed by atoms with Gasteiger partial charge in [0.1, 0.15) is 12.2 Å². The molecule has 0 radical (unpaired) electrons. The lowest BCUT2D eigenvalue weighted by Gasteiger charge is -2.32. The first-order chi connectivity index (χ1) is 9.99. The van der Waals surface area contributed by atoms with Crippen LogP contribution in [0.5, 0.6) is 0 Å². The Morgan fingerprint density at radius 1 is 1.29 bits per heavy atom. The minimum atomic E-state index is -1.43. The normalized spacial score (nSPS) is 24.0. The van der Waals surface area contributed by atoms with Gasteiger partial charge in [-0.05, 0) is 11.6 Å². The highest BCUT2D eigenvalue weighted by atomic mass is 16.6. The molecule has 0 saturated heterocycles. The van der Waals surface area contributed by atoms with Gasteiger partial charge in [-0.3, -0.25) is 4.79 Å². The molecule has 1 aliphatic heterocycles. The van der Waals surface area contributed by atoms with Gasteiger partial charge in [-0.2, -0.15) is 0 Å². The Morgan fingerprint density at radius 2 is 1.95 bits per heavy atom. The number of aliphatic hydroxyl groups is 2. The molecule has 0 aromatic heterocycles. The Labute approximate surface area is 121 Å². The molecule has 0 saturated carbocycles. The van der Waals surface area contributed by atoms with Crippen LogP contribution in [0, 0.1) is 0 Å². The highest BCUT2D eigenvalue weighted by Gasteiger charge is 2.39. The van der Waals surface area contributed by atoms with Gasteiger partial charge in [0.15, 0.2) is 12.2 Å². The number of rotatable bonds is 4. The van der Waals surface area contributed by atoms with E-state index in [1.54, 1.807) is 30.3 Å². The SMILES string of the molecule is CC(=O)O[C@H]1C=CC(=O)O[C@H]1[C@@H](O)[C@H](O)c1ccccc1. The molecule has 4 atom stereocenters. The summed E-state index contributed by atoms with van der Waals surface area (Å²) in [5.74, 6) is -1.24. The van der Waals surface area contributed by atoms with Crippen LogP contribution in [0.15, 0.2) is 42.5 Å². The van der Waals surface area contributed by atoms with Crippen LogP contribution in [0.1, 0.15) is 18.6 Å². The molecule has 0 aliphatic carbocycles. The lowest BCUT2D eigenvalue weighted by Crippen LogP contribution is -2.46. The van der Waals surface area contributed by atoms with Crippen molar-refractivity contribution in [2.75, 3.05) is 0 Å². The standard InChI is InChI=1S/C15H16O6/c1-9(16)20-11-7-8-12(17)21-15(11)14(19)13(18)10-5-3-2-4-6-10/h2-8,11,13-15,18-19H,1H3/t11-,13+,14-,15+/m0/s1. The molecule has 0 amide bonds. The van der Waals surface area contributed by atoms with Crippen molar-refractivity contribution in [3.8, 4) is 0 Å². The van der Waals surface area contributed by atoms with Gasteiger partial charge in [0.2, 0.25) is 0 Å². The molecule has 0 unspecified atom stereocenters. The Morgan fingerprint density at radius 3 is 2.57 bits per heavy atom. The zero-order valence-electron chi connectivity index (χ0n) is 11.4. The third-order valence-electron chi connectivity index (χ3n) is 3.10. The quantitative estimate of drug-likeness (QED) is 0.785. The average molecular weight is 292 g/mol. The lowest BCUT2D eigenvalue weighted by atomic mass is 9.96. The van der Waals surface area contributed by atoms with Crippen LogP contribution in [0.2, 0.25) is 0 Å². The fourth-order valence-corrected chi connectivity index (χ4v) is 2.11. The monoisotopic (exact) mass is 292 g/mol. The lowest BCUT2D eigenvalue weighted by molar-refractivity contribution is -0.177. The number of hydrogen-bond acceptors (Lipinski definition) is 6. The van der Waals surface area contributed by atoms with Gasteiger partial charge >= 0.3 is 11.9 Å². The zero-order valence-corrected chi connectivity index (χ0v) is 11.4. The summed E-state index contributed by atoms with van der Waals surface area (Å²) in [5.41, 5.74) is 0.470. The highest BCUT2D eigenvalue weighted by molar-refractivity contribution is 5.83. The second-order valence-corrected chi connectivity index (χ2v) is 4.68. The van der Waals surface area contributed by atoms with Crippen molar-refractivity contribution in [3.05, 3.63) is 48.0 Å². The fraction of sp³-hybridized carbons (Fsp3) is 0.333. The Balaban J connectivity index is 2.18. The number of cyclic esters (lactones) is 1. The molecular formula is C15H16O6. The molecular weight excluding hydrogens is 276 g/mol. The molecule has 1 aromatic carbocycles. The summed E-state index contributed by atoms with van der Waals surface area (Å²) in [6, 6.07) is 8.46. The summed E-state index contributed by atoms with van der Waals surface area (Å²) in [4.78, 5) is 22.4. The van der Waals surface area contributed by atoms with E-state index in [0.29, 0.717) is 5.56 Å². The summed E-state index contributed by atoms with van der Waals surface area (Å²) < 4.78 is 9.98. The van der Waals surface area contributed by atoms with Crippen molar-refractivity contribution in [1.29, 1.82) is 0 Å². The van der Waals surface area contributed by atoms with Crippen molar-refractivity contribution < 1.29 is 29.3 Å². The second kappa shape index (κ2) is 6.51. The van der Waals surface area contributed by atoms with Gasteiger partial charge in [0, 0.05) is 13.0 Å². The molecule has 0 fully saturated rings. The van der Waals surface area contributed by atoms with Crippen molar-refractivity contribution in [1.82, 2.24) is 0 Å². The molecule has 1 aliphatic rings. The number of benzene rings is 1. The predicted molar refractivity (Wildman–Crippen MR) is 72.0 cm³/mol. The van der Waals surface area contributed by atoms with E-state index in [-0.39, 0.29) is 0 Å². The Hall–Kier alpha value is -2.18. The van der Waals surface area contributed by atoms with Gasteiger partial charge in [0.25, 0.3) is 0 Å². The van der Waals surface area contributed by atoms with Crippen molar-refractivity contribution in [2.45, 2.75) is 31.3 Å². The van der Waals surface area contributed by atoms with E-state index in [1.807, 2.05) is 0 Å². The van der Waals surface area contributed by atoms with E-state index < -0.39 is 36.4 Å². The largest absolute Gasteiger partial charge is 0.454 e. The first kappa shape index (κ1) is 15.2. The maximum atomic E-state index is 11.3. The summed E-state index contributed by atoms with van der Waals surface area (Å²) in [6.45, 7) is 1.21. The Kier molecular flexibility index (Phi) is 4.72. The first-order valence-corrected chi connectivity index (χ1v) is 6.46. The molecule has 1 aromatic rings. The molecule has 6 nitrogen and oxygen atoms in total. The van der Waals surface area contributed by atoms with Crippen molar-refractivity contribution in [3.63, 3.8) is 0 Å². The number of esters is 2. The van der Waals surface area contributed by atoms with E-state index in [1.165, 1.54) is 13.0 Å². The van der Waals surface area contributed by atoms with E-state index in [0.717, 1.165) is 6.08 Å². The third kappa shape index (κ3) is 3.68. The van der Waals surface area contributed by atoms with Crippen LogP contribution in [0.25, 0.3) is 0 Å².